The molecule has 1 aliphatic heterocycles. The van der Waals surface area contributed by atoms with Crippen molar-refractivity contribution in [3.63, 3.8) is 0 Å². The predicted octanol–water partition coefficient (Wildman–Crippen LogP) is 0.660. The third kappa shape index (κ3) is 3.16. The largest absolute Gasteiger partial charge is 0.478 e. The highest BCUT2D eigenvalue weighted by Gasteiger charge is 2.37. The number of carboxylic acid groups (broad SMARTS) is 1. The maximum atomic E-state index is 12.4. The fraction of sp³-hybridized carbons (Fsp3) is 0.538. The summed E-state index contributed by atoms with van der Waals surface area (Å²) in [5, 5.41) is 8.98. The highest BCUT2D eigenvalue weighted by molar-refractivity contribution is 7.89. The van der Waals surface area contributed by atoms with E-state index in [-0.39, 0.29) is 23.7 Å². The van der Waals surface area contributed by atoms with E-state index in [1.165, 1.54) is 6.08 Å². The molecule has 0 fully saturated rings. The van der Waals surface area contributed by atoms with Crippen LogP contribution in [0.3, 0.4) is 0 Å². The van der Waals surface area contributed by atoms with Crippen molar-refractivity contribution in [1.29, 1.82) is 0 Å². The minimum atomic E-state index is -3.56. The number of nitrogens with two attached hydrogens (primary N) is 1. The summed E-state index contributed by atoms with van der Waals surface area (Å²) in [7, 11) is -3.56. The van der Waals surface area contributed by atoms with E-state index in [2.05, 4.69) is 4.99 Å². The maximum Gasteiger partial charge on any atom is 0.331 e. The molecule has 0 saturated carbocycles. The number of rotatable bonds is 5. The van der Waals surface area contributed by atoms with Gasteiger partial charge in [-0.3, -0.25) is 5.73 Å². The van der Waals surface area contributed by atoms with E-state index < -0.39 is 22.3 Å². The Balaban J connectivity index is 2.25. The van der Waals surface area contributed by atoms with Crippen LogP contribution in [0.1, 0.15) is 26.7 Å². The van der Waals surface area contributed by atoms with Gasteiger partial charge >= 0.3 is 5.97 Å². The number of carbonyl (C=O) groups is 1. The minimum absolute atomic E-state index is 0.00594. The molecule has 0 saturated heterocycles. The van der Waals surface area contributed by atoms with Gasteiger partial charge in [0.2, 0.25) is 10.0 Å². The van der Waals surface area contributed by atoms with Crippen molar-refractivity contribution in [3.05, 3.63) is 23.4 Å². The topological polar surface area (TPSA) is 113 Å². The van der Waals surface area contributed by atoms with Crippen LogP contribution in [0.25, 0.3) is 0 Å². The van der Waals surface area contributed by atoms with Gasteiger partial charge in [0.15, 0.2) is 6.29 Å². The lowest BCUT2D eigenvalue weighted by Crippen LogP contribution is -2.42. The molecule has 0 aromatic carbocycles. The highest BCUT2D eigenvalue weighted by atomic mass is 32.2. The maximum absolute atomic E-state index is 12.4. The molecular formula is C13H19N3O4S. The number of nitrogens with zero attached hydrogens (tertiary/aromatic N) is 2. The zero-order chi connectivity index (χ0) is 15.8. The molecule has 0 aromatic rings. The molecule has 2 aliphatic rings. The van der Waals surface area contributed by atoms with Crippen molar-refractivity contribution in [2.24, 2.45) is 16.6 Å². The van der Waals surface area contributed by atoms with Crippen LogP contribution in [0.15, 0.2) is 28.4 Å². The lowest BCUT2D eigenvalue weighted by molar-refractivity contribution is -0.132. The van der Waals surface area contributed by atoms with Gasteiger partial charge in [0.05, 0.1) is 17.2 Å². The van der Waals surface area contributed by atoms with Crippen LogP contribution in [0.5, 0.6) is 0 Å². The van der Waals surface area contributed by atoms with Crippen molar-refractivity contribution in [2.45, 2.75) is 33.0 Å². The normalized spacial score (nSPS) is 21.8. The summed E-state index contributed by atoms with van der Waals surface area (Å²) in [4.78, 5) is 15.0. The van der Waals surface area contributed by atoms with Gasteiger partial charge in [0.25, 0.3) is 0 Å². The van der Waals surface area contributed by atoms with E-state index >= 15 is 0 Å². The second-order valence-electron chi connectivity index (χ2n) is 5.49. The smallest absolute Gasteiger partial charge is 0.331 e. The van der Waals surface area contributed by atoms with Crippen LogP contribution < -0.4 is 5.73 Å². The average Bonchev–Trinajstić information content (AvgIpc) is 2.71. The molecule has 3 N–H and O–H groups in total. The van der Waals surface area contributed by atoms with E-state index in [0.29, 0.717) is 17.8 Å². The van der Waals surface area contributed by atoms with Crippen molar-refractivity contribution in [3.8, 4) is 0 Å². The van der Waals surface area contributed by atoms with Gasteiger partial charge in [-0.1, -0.05) is 19.9 Å². The lowest BCUT2D eigenvalue weighted by Gasteiger charge is -2.25. The molecular weight excluding hydrogens is 294 g/mol. The molecule has 1 heterocycles. The van der Waals surface area contributed by atoms with Crippen LogP contribution in [0.4, 0.5) is 0 Å². The number of fused-ring (bicyclic) bond motifs is 1. The van der Waals surface area contributed by atoms with Gasteiger partial charge in [-0.05, 0) is 24.8 Å². The van der Waals surface area contributed by atoms with Crippen molar-refractivity contribution in [2.75, 3.05) is 5.75 Å². The number of hydrogen-bond donors (Lipinski definition) is 2. The Morgan fingerprint density at radius 2 is 2.24 bits per heavy atom. The van der Waals surface area contributed by atoms with Gasteiger partial charge in [0, 0.05) is 5.57 Å². The summed E-state index contributed by atoms with van der Waals surface area (Å²) < 4.78 is 25.9. The molecule has 0 amide bonds. The zero-order valence-electron chi connectivity index (χ0n) is 12.0. The molecule has 0 radical (unpaired) electrons. The first kappa shape index (κ1) is 15.7. The van der Waals surface area contributed by atoms with Crippen LogP contribution in [0, 0.1) is 5.92 Å². The Labute approximate surface area is 123 Å². The number of hydrogen-bond acceptors (Lipinski definition) is 5. The van der Waals surface area contributed by atoms with Crippen LogP contribution >= 0.6 is 0 Å². The number of sulfonamides is 1. The molecule has 21 heavy (non-hydrogen) atoms. The first-order valence-corrected chi connectivity index (χ1v) is 8.33. The Morgan fingerprint density at radius 3 is 2.81 bits per heavy atom. The predicted molar refractivity (Wildman–Crippen MR) is 78.9 cm³/mol. The second kappa shape index (κ2) is 5.61. The Hall–Kier alpha value is -1.67. The lowest BCUT2D eigenvalue weighted by atomic mass is 10.0. The third-order valence-corrected chi connectivity index (χ3v) is 5.13. The van der Waals surface area contributed by atoms with Crippen molar-refractivity contribution < 1.29 is 18.3 Å². The highest BCUT2D eigenvalue weighted by Crippen LogP contribution is 2.29. The van der Waals surface area contributed by atoms with E-state index in [9.17, 15) is 13.2 Å². The Morgan fingerprint density at radius 1 is 1.57 bits per heavy atom. The third-order valence-electron chi connectivity index (χ3n) is 3.37. The van der Waals surface area contributed by atoms with Gasteiger partial charge in [-0.15, -0.1) is 0 Å². The quantitative estimate of drug-likeness (QED) is 0.774. The molecule has 1 aliphatic carbocycles. The molecule has 2 rings (SSSR count). The zero-order valence-corrected chi connectivity index (χ0v) is 12.8. The number of carboxylic acids is 1. The van der Waals surface area contributed by atoms with E-state index in [1.807, 2.05) is 13.8 Å². The molecule has 116 valence electrons. The van der Waals surface area contributed by atoms with E-state index in [1.54, 1.807) is 6.08 Å². The molecule has 0 bridgehead atoms. The molecule has 7 nitrogen and oxygen atoms in total. The standard InChI is InChI=1S/C13H19N3O4S/c1-8(2)5-6-21(19,20)16-11-4-3-9(12(17)18)7-10(11)15-13(16)14/h4,7-8,13H,3,5-6,14H2,1-2H3,(H,17,18). The van der Waals surface area contributed by atoms with Crippen LogP contribution in [-0.4, -0.2) is 41.6 Å². The second-order valence-corrected chi connectivity index (χ2v) is 7.46. The monoisotopic (exact) mass is 313 g/mol. The number of allylic oxidation sites excluding steroid dienone is 2. The molecule has 8 heteroatoms. The molecule has 0 spiro atoms. The minimum Gasteiger partial charge on any atom is -0.478 e. The summed E-state index contributed by atoms with van der Waals surface area (Å²) >= 11 is 0. The number of aliphatic imine (C=N–C) groups is 1. The van der Waals surface area contributed by atoms with Gasteiger partial charge in [-0.2, -0.15) is 0 Å². The Kier molecular flexibility index (Phi) is 4.20. The summed E-state index contributed by atoms with van der Waals surface area (Å²) in [5.74, 6) is -0.783. The molecule has 1 unspecified atom stereocenters. The van der Waals surface area contributed by atoms with Crippen molar-refractivity contribution >= 4 is 21.7 Å². The SMILES string of the molecule is CC(C)CCS(=O)(=O)N1C2=CCC(C(=O)O)=CC2=NC1N. The van der Waals surface area contributed by atoms with Crippen LogP contribution in [0.2, 0.25) is 0 Å². The average molecular weight is 313 g/mol. The first-order valence-electron chi connectivity index (χ1n) is 6.72. The molecule has 1 atom stereocenters. The summed E-state index contributed by atoms with van der Waals surface area (Å²) in [6, 6.07) is 0. The fourth-order valence-electron chi connectivity index (χ4n) is 2.20. The molecule has 0 aromatic heterocycles. The van der Waals surface area contributed by atoms with Crippen LogP contribution in [-0.2, 0) is 14.8 Å². The summed E-state index contributed by atoms with van der Waals surface area (Å²) in [5.41, 5.74) is 6.67. The van der Waals surface area contributed by atoms with E-state index in [4.69, 9.17) is 10.8 Å². The van der Waals surface area contributed by atoms with E-state index in [0.717, 1.165) is 4.31 Å². The fourth-order valence-corrected chi connectivity index (χ4v) is 4.01. The first-order chi connectivity index (χ1) is 9.72. The van der Waals surface area contributed by atoms with Gasteiger partial charge < -0.3 is 5.11 Å². The summed E-state index contributed by atoms with van der Waals surface area (Å²) in [6.07, 6.45) is 2.61. The van der Waals surface area contributed by atoms with Crippen molar-refractivity contribution in [1.82, 2.24) is 4.31 Å². The van der Waals surface area contributed by atoms with Gasteiger partial charge in [-0.25, -0.2) is 22.5 Å². The van der Waals surface area contributed by atoms with Gasteiger partial charge in [0.1, 0.15) is 0 Å². The number of aliphatic carboxylic acids is 1. The summed E-state index contributed by atoms with van der Waals surface area (Å²) in [6.45, 7) is 3.90. The Bertz CT molecular complexity index is 646.